The van der Waals surface area contributed by atoms with Crippen molar-refractivity contribution < 1.29 is 9.59 Å². The molecule has 2 aliphatic heterocycles. The molecule has 26 heavy (non-hydrogen) atoms. The van der Waals surface area contributed by atoms with Crippen LogP contribution in [0.2, 0.25) is 0 Å². The van der Waals surface area contributed by atoms with Crippen molar-refractivity contribution in [2.45, 2.75) is 13.3 Å². The average molecular weight is 350 g/mol. The van der Waals surface area contributed by atoms with Crippen molar-refractivity contribution >= 4 is 23.1 Å². The fraction of sp³-hybridized carbons (Fsp3) is 0.350. The third-order valence-corrected chi connectivity index (χ3v) is 5.19. The van der Waals surface area contributed by atoms with Gasteiger partial charge in [-0.2, -0.15) is 0 Å². The zero-order valence-electron chi connectivity index (χ0n) is 14.9. The van der Waals surface area contributed by atoms with Gasteiger partial charge in [-0.05, 0) is 36.2 Å². The topological polar surface area (TPSA) is 56.8 Å². The molecule has 4 rings (SSSR count). The minimum atomic E-state index is -0.412. The molecule has 1 aromatic carbocycles. The molecule has 0 atom stereocenters. The molecule has 1 aromatic heterocycles. The molecule has 2 aromatic rings. The van der Waals surface area contributed by atoms with Gasteiger partial charge in [-0.1, -0.05) is 13.0 Å². The summed E-state index contributed by atoms with van der Waals surface area (Å²) in [5.74, 6) is -0.796. The van der Waals surface area contributed by atoms with Gasteiger partial charge in [0.05, 0.1) is 17.9 Å². The molecule has 0 aliphatic carbocycles. The lowest BCUT2D eigenvalue weighted by atomic mass is 10.1. The number of hydrogen-bond acceptors (Lipinski definition) is 5. The number of benzene rings is 1. The molecular formula is C20H22N4O2. The summed E-state index contributed by atoms with van der Waals surface area (Å²) in [6.07, 6.45) is 4.46. The molecule has 2 aliphatic rings. The number of hydrogen-bond donors (Lipinski definition) is 0. The van der Waals surface area contributed by atoms with Crippen molar-refractivity contribution in [1.82, 2.24) is 9.88 Å². The highest BCUT2D eigenvalue weighted by atomic mass is 16.2. The minimum Gasteiger partial charge on any atom is -0.369 e. The number of nitrogens with zero attached hydrogens (tertiary/aromatic N) is 4. The standard InChI is InChI=1S/C20H22N4O2/c1-2-15-3-4-18-17(13-15)19(25)20(26)24(18)14-22-9-11-23(12-10-22)16-5-7-21-8-6-16/h3-8,13H,2,9-12,14H2,1H3. The van der Waals surface area contributed by atoms with Gasteiger partial charge in [0.2, 0.25) is 0 Å². The van der Waals surface area contributed by atoms with Crippen LogP contribution in [-0.4, -0.2) is 54.4 Å². The number of Topliss-reactive ketones (excluding diaryl/α,β-unsaturated/α-hetero) is 1. The Bertz CT molecular complexity index is 829. The Morgan fingerprint density at radius 2 is 1.73 bits per heavy atom. The van der Waals surface area contributed by atoms with Crippen molar-refractivity contribution in [1.29, 1.82) is 0 Å². The van der Waals surface area contributed by atoms with E-state index in [4.69, 9.17) is 0 Å². The van der Waals surface area contributed by atoms with Crippen molar-refractivity contribution in [2.75, 3.05) is 42.6 Å². The van der Waals surface area contributed by atoms with E-state index in [9.17, 15) is 9.59 Å². The molecule has 1 fully saturated rings. The number of ketones is 1. The van der Waals surface area contributed by atoms with E-state index in [1.165, 1.54) is 5.69 Å². The quantitative estimate of drug-likeness (QED) is 0.789. The van der Waals surface area contributed by atoms with E-state index in [1.807, 2.05) is 37.3 Å². The van der Waals surface area contributed by atoms with Crippen LogP contribution in [-0.2, 0) is 11.2 Å². The second kappa shape index (κ2) is 6.88. The van der Waals surface area contributed by atoms with Gasteiger partial charge in [-0.3, -0.25) is 24.4 Å². The maximum atomic E-state index is 12.5. The normalized spacial score (nSPS) is 17.7. The first-order valence-electron chi connectivity index (χ1n) is 9.04. The first-order valence-corrected chi connectivity index (χ1v) is 9.04. The Labute approximate surface area is 153 Å². The molecule has 0 unspecified atom stereocenters. The number of anilines is 2. The predicted molar refractivity (Wildman–Crippen MR) is 101 cm³/mol. The van der Waals surface area contributed by atoms with Crippen LogP contribution in [0.5, 0.6) is 0 Å². The molecule has 134 valence electrons. The molecule has 0 radical (unpaired) electrons. The van der Waals surface area contributed by atoms with Crippen molar-refractivity contribution in [3.63, 3.8) is 0 Å². The molecule has 0 spiro atoms. The van der Waals surface area contributed by atoms with Crippen LogP contribution >= 0.6 is 0 Å². The molecular weight excluding hydrogens is 328 g/mol. The highest BCUT2D eigenvalue weighted by molar-refractivity contribution is 6.52. The number of aromatic nitrogens is 1. The summed E-state index contributed by atoms with van der Waals surface area (Å²) in [5.41, 5.74) is 3.54. The highest BCUT2D eigenvalue weighted by Crippen LogP contribution is 2.30. The minimum absolute atomic E-state index is 0.384. The van der Waals surface area contributed by atoms with Crippen LogP contribution in [0.3, 0.4) is 0 Å². The Morgan fingerprint density at radius 3 is 2.42 bits per heavy atom. The maximum Gasteiger partial charge on any atom is 0.300 e. The molecule has 0 saturated carbocycles. The van der Waals surface area contributed by atoms with Gasteiger partial charge in [0.15, 0.2) is 0 Å². The lowest BCUT2D eigenvalue weighted by Crippen LogP contribution is -2.51. The van der Waals surface area contributed by atoms with Gasteiger partial charge in [-0.15, -0.1) is 0 Å². The van der Waals surface area contributed by atoms with Crippen LogP contribution < -0.4 is 9.80 Å². The zero-order valence-corrected chi connectivity index (χ0v) is 14.9. The molecule has 1 amide bonds. The van der Waals surface area contributed by atoms with Crippen LogP contribution in [0.25, 0.3) is 0 Å². The third kappa shape index (κ3) is 2.97. The van der Waals surface area contributed by atoms with Gasteiger partial charge < -0.3 is 4.90 Å². The number of piperazine rings is 1. The Morgan fingerprint density at radius 1 is 1.00 bits per heavy atom. The Kier molecular flexibility index (Phi) is 4.42. The van der Waals surface area contributed by atoms with E-state index in [0.29, 0.717) is 12.2 Å². The highest BCUT2D eigenvalue weighted by Gasteiger charge is 2.37. The lowest BCUT2D eigenvalue weighted by molar-refractivity contribution is -0.114. The monoisotopic (exact) mass is 350 g/mol. The number of carbonyl (C=O) groups is 2. The number of aryl methyl sites for hydroxylation is 1. The first-order chi connectivity index (χ1) is 12.7. The van der Waals surface area contributed by atoms with Gasteiger partial charge in [0.25, 0.3) is 5.78 Å². The van der Waals surface area contributed by atoms with Crippen molar-refractivity contribution in [2.24, 2.45) is 0 Å². The average Bonchev–Trinajstić information content (AvgIpc) is 2.93. The Balaban J connectivity index is 1.44. The summed E-state index contributed by atoms with van der Waals surface area (Å²) in [4.78, 5) is 35.0. The summed E-state index contributed by atoms with van der Waals surface area (Å²) in [6.45, 7) is 5.99. The van der Waals surface area contributed by atoms with Crippen molar-refractivity contribution in [3.8, 4) is 0 Å². The smallest absolute Gasteiger partial charge is 0.300 e. The fourth-order valence-electron chi connectivity index (χ4n) is 3.61. The number of pyridine rings is 1. The summed E-state index contributed by atoms with van der Waals surface area (Å²) in [5, 5.41) is 0. The molecule has 3 heterocycles. The van der Waals surface area contributed by atoms with Crippen molar-refractivity contribution in [3.05, 3.63) is 53.9 Å². The largest absolute Gasteiger partial charge is 0.369 e. The SMILES string of the molecule is CCc1ccc2c(c1)C(=O)C(=O)N2CN1CCN(c2ccncc2)CC1. The second-order valence-electron chi connectivity index (χ2n) is 6.72. The Hall–Kier alpha value is -2.73. The predicted octanol–water partition coefficient (Wildman–Crippen LogP) is 1.95. The van der Waals surface area contributed by atoms with Crippen LogP contribution in [0.1, 0.15) is 22.8 Å². The van der Waals surface area contributed by atoms with E-state index in [-0.39, 0.29) is 5.78 Å². The van der Waals surface area contributed by atoms with E-state index < -0.39 is 5.91 Å². The molecule has 0 N–H and O–H groups in total. The first kappa shape index (κ1) is 16.7. The number of fused-ring (bicyclic) bond motifs is 1. The van der Waals surface area contributed by atoms with E-state index in [1.54, 1.807) is 17.3 Å². The van der Waals surface area contributed by atoms with Gasteiger partial charge in [0, 0.05) is 44.3 Å². The molecule has 0 bridgehead atoms. The van der Waals surface area contributed by atoms with E-state index in [0.717, 1.165) is 43.9 Å². The fourth-order valence-corrected chi connectivity index (χ4v) is 3.61. The molecule has 1 saturated heterocycles. The van der Waals surface area contributed by atoms with E-state index >= 15 is 0 Å². The van der Waals surface area contributed by atoms with Gasteiger partial charge in [0.1, 0.15) is 0 Å². The molecule has 6 nitrogen and oxygen atoms in total. The summed E-state index contributed by atoms with van der Waals surface area (Å²) < 4.78 is 0. The van der Waals surface area contributed by atoms with Crippen LogP contribution in [0.15, 0.2) is 42.7 Å². The number of amides is 1. The third-order valence-electron chi connectivity index (χ3n) is 5.19. The van der Waals surface area contributed by atoms with Gasteiger partial charge >= 0.3 is 5.91 Å². The second-order valence-corrected chi connectivity index (χ2v) is 6.72. The summed E-state index contributed by atoms with van der Waals surface area (Å²) >= 11 is 0. The van der Waals surface area contributed by atoms with Crippen LogP contribution in [0, 0.1) is 0 Å². The summed E-state index contributed by atoms with van der Waals surface area (Å²) in [6, 6.07) is 9.79. The lowest BCUT2D eigenvalue weighted by Gasteiger charge is -2.37. The molecule has 6 heteroatoms. The van der Waals surface area contributed by atoms with Gasteiger partial charge in [-0.25, -0.2) is 0 Å². The number of rotatable bonds is 4. The van der Waals surface area contributed by atoms with Crippen LogP contribution in [0.4, 0.5) is 11.4 Å². The maximum absolute atomic E-state index is 12.5. The zero-order chi connectivity index (χ0) is 18.1. The van der Waals surface area contributed by atoms with E-state index in [2.05, 4.69) is 14.8 Å². The summed E-state index contributed by atoms with van der Waals surface area (Å²) in [7, 11) is 0. The number of carbonyl (C=O) groups excluding carboxylic acids is 2.